The predicted molar refractivity (Wildman–Crippen MR) is 152 cm³/mol. The van der Waals surface area contributed by atoms with Gasteiger partial charge in [-0.1, -0.05) is 60.5 Å². The van der Waals surface area contributed by atoms with Crippen LogP contribution in [0.1, 0.15) is 37.4 Å². The Morgan fingerprint density at radius 2 is 1.79 bits per heavy atom. The number of halogens is 2. The van der Waals surface area contributed by atoms with Crippen LogP contribution in [0.3, 0.4) is 0 Å². The molecule has 6 nitrogen and oxygen atoms in total. The van der Waals surface area contributed by atoms with E-state index in [9.17, 15) is 14.7 Å². The molecule has 194 valence electrons. The predicted octanol–water partition coefficient (Wildman–Crippen LogP) is 7.65. The third-order valence-electron chi connectivity index (χ3n) is 6.25. The van der Waals surface area contributed by atoms with Gasteiger partial charge in [0, 0.05) is 15.6 Å². The Morgan fingerprint density at radius 1 is 1.05 bits per heavy atom. The lowest BCUT2D eigenvalue weighted by Gasteiger charge is -2.23. The Bertz CT molecular complexity index is 1560. The second kappa shape index (κ2) is 10.8. The first-order chi connectivity index (χ1) is 18.2. The molecule has 4 aromatic rings. The Kier molecular flexibility index (Phi) is 7.43. The summed E-state index contributed by atoms with van der Waals surface area (Å²) in [6, 6.07) is 18.0. The number of rotatable bonds is 7. The number of carbonyl (C=O) groups is 2. The van der Waals surface area contributed by atoms with Crippen molar-refractivity contribution in [2.45, 2.75) is 26.3 Å². The molecule has 1 amide bonds. The smallest absolute Gasteiger partial charge is 0.301 e. The Morgan fingerprint density at radius 3 is 2.53 bits per heavy atom. The maximum Gasteiger partial charge on any atom is 0.301 e. The number of ether oxygens (including phenoxy) is 1. The van der Waals surface area contributed by atoms with Crippen LogP contribution in [0, 0.1) is 5.92 Å². The monoisotopic (exact) mass is 566 g/mol. The van der Waals surface area contributed by atoms with Crippen molar-refractivity contribution >= 4 is 67.3 Å². The van der Waals surface area contributed by atoms with Gasteiger partial charge in [0.05, 0.1) is 28.4 Å². The summed E-state index contributed by atoms with van der Waals surface area (Å²) in [6.07, 6.45) is 0.882. The zero-order chi connectivity index (χ0) is 27.0. The summed E-state index contributed by atoms with van der Waals surface area (Å²) in [4.78, 5) is 32.9. The molecule has 1 atom stereocenters. The van der Waals surface area contributed by atoms with Gasteiger partial charge in [-0.2, -0.15) is 0 Å². The van der Waals surface area contributed by atoms with E-state index in [-0.39, 0.29) is 11.3 Å². The van der Waals surface area contributed by atoms with E-state index >= 15 is 0 Å². The van der Waals surface area contributed by atoms with E-state index in [0.717, 1.165) is 11.1 Å². The fourth-order valence-electron chi connectivity index (χ4n) is 4.28. The third kappa shape index (κ3) is 5.14. The van der Waals surface area contributed by atoms with Crippen molar-refractivity contribution in [1.82, 2.24) is 4.98 Å². The van der Waals surface area contributed by atoms with E-state index in [2.05, 4.69) is 18.8 Å². The van der Waals surface area contributed by atoms with Gasteiger partial charge in [-0.3, -0.25) is 14.5 Å². The van der Waals surface area contributed by atoms with Crippen molar-refractivity contribution in [3.8, 4) is 5.75 Å². The first-order valence-electron chi connectivity index (χ1n) is 12.1. The molecule has 0 saturated carbocycles. The van der Waals surface area contributed by atoms with Crippen molar-refractivity contribution < 1.29 is 19.4 Å². The lowest BCUT2D eigenvalue weighted by Crippen LogP contribution is -2.29. The van der Waals surface area contributed by atoms with Crippen LogP contribution in [0.25, 0.3) is 16.0 Å². The molecule has 1 aromatic heterocycles. The molecule has 2 heterocycles. The quantitative estimate of drug-likeness (QED) is 0.141. The Labute approximate surface area is 234 Å². The van der Waals surface area contributed by atoms with Crippen molar-refractivity contribution in [3.63, 3.8) is 0 Å². The SMILES string of the molecule is CC(C)CCOc1cccc(C2/C(=C(\O)c3ccc(Cl)cc3)C(=O)C(=O)N2c2nc3ccc(Cl)cc3s2)c1. The summed E-state index contributed by atoms with van der Waals surface area (Å²) in [5.74, 6) is -0.774. The highest BCUT2D eigenvalue weighted by Crippen LogP contribution is 2.45. The van der Waals surface area contributed by atoms with Crippen molar-refractivity contribution in [1.29, 1.82) is 0 Å². The van der Waals surface area contributed by atoms with Crippen LogP contribution in [-0.2, 0) is 9.59 Å². The average molecular weight is 567 g/mol. The van der Waals surface area contributed by atoms with Crippen molar-refractivity contribution in [3.05, 3.63) is 93.5 Å². The minimum absolute atomic E-state index is 0.0334. The number of fused-ring (bicyclic) bond motifs is 1. The second-order valence-corrected chi connectivity index (χ2v) is 11.3. The number of aliphatic hydroxyl groups excluding tert-OH is 1. The van der Waals surface area contributed by atoms with Gasteiger partial charge in [-0.25, -0.2) is 4.98 Å². The standard InChI is InChI=1S/C29H24Cl2N2O4S/c1-16(2)12-13-37-21-5-3-4-18(14-21)25-24(26(34)17-6-8-19(30)9-7-17)27(35)28(36)33(25)29-32-22-11-10-20(31)15-23(22)38-29/h3-11,14-16,25,34H,12-13H2,1-2H3/b26-24+. The largest absolute Gasteiger partial charge is 0.507 e. The van der Waals surface area contributed by atoms with Crippen LogP contribution < -0.4 is 9.64 Å². The van der Waals surface area contributed by atoms with E-state index in [1.807, 2.05) is 6.07 Å². The number of ketones is 1. The minimum atomic E-state index is -0.921. The van der Waals surface area contributed by atoms with Gasteiger partial charge < -0.3 is 9.84 Å². The maximum atomic E-state index is 13.5. The lowest BCUT2D eigenvalue weighted by molar-refractivity contribution is -0.132. The van der Waals surface area contributed by atoms with Crippen molar-refractivity contribution in [2.24, 2.45) is 5.92 Å². The molecular formula is C29H24Cl2N2O4S. The second-order valence-electron chi connectivity index (χ2n) is 9.39. The summed E-state index contributed by atoms with van der Waals surface area (Å²) in [5, 5.41) is 12.7. The summed E-state index contributed by atoms with van der Waals surface area (Å²) in [6.45, 7) is 4.77. The van der Waals surface area contributed by atoms with Crippen LogP contribution in [0.15, 0.2) is 72.3 Å². The Balaban J connectivity index is 1.65. The zero-order valence-electron chi connectivity index (χ0n) is 20.7. The fraction of sp³-hybridized carbons (Fsp3) is 0.207. The lowest BCUT2D eigenvalue weighted by atomic mass is 9.95. The molecular weight excluding hydrogens is 543 g/mol. The summed E-state index contributed by atoms with van der Waals surface area (Å²) in [7, 11) is 0. The number of thiazole rings is 1. The number of Topliss-reactive ketones (excluding diaryl/α,β-unsaturated/α-hetero) is 1. The van der Waals surface area contributed by atoms with Crippen LogP contribution in [0.4, 0.5) is 5.13 Å². The molecule has 3 aromatic carbocycles. The molecule has 1 N–H and O–H groups in total. The first kappa shape index (κ1) is 26.2. The van der Waals surface area contributed by atoms with Gasteiger partial charge >= 0.3 is 5.91 Å². The number of nitrogens with zero attached hydrogens (tertiary/aromatic N) is 2. The molecule has 1 fully saturated rings. The number of benzene rings is 3. The normalized spacial score (nSPS) is 17.1. The number of aromatic nitrogens is 1. The molecule has 0 bridgehead atoms. The first-order valence-corrected chi connectivity index (χ1v) is 13.7. The molecule has 0 spiro atoms. The summed E-state index contributed by atoms with van der Waals surface area (Å²) in [5.41, 5.74) is 1.60. The molecule has 0 aliphatic carbocycles. The Hall–Kier alpha value is -3.39. The zero-order valence-corrected chi connectivity index (χ0v) is 23.0. The molecule has 1 aliphatic rings. The van der Waals surface area contributed by atoms with Gasteiger partial charge in [0.2, 0.25) is 0 Å². The fourth-order valence-corrected chi connectivity index (χ4v) is 5.68. The van der Waals surface area contributed by atoms with Gasteiger partial charge in [0.15, 0.2) is 5.13 Å². The van der Waals surface area contributed by atoms with Gasteiger partial charge in [-0.15, -0.1) is 0 Å². The average Bonchev–Trinajstić information content (AvgIpc) is 3.41. The molecule has 5 rings (SSSR count). The number of aliphatic hydroxyl groups is 1. The van der Waals surface area contributed by atoms with Crippen LogP contribution in [0.2, 0.25) is 10.0 Å². The van der Waals surface area contributed by atoms with E-state index in [1.165, 1.54) is 16.2 Å². The molecule has 0 radical (unpaired) electrons. The highest BCUT2D eigenvalue weighted by atomic mass is 35.5. The van der Waals surface area contributed by atoms with E-state index in [4.69, 9.17) is 27.9 Å². The maximum absolute atomic E-state index is 13.5. The molecule has 38 heavy (non-hydrogen) atoms. The summed E-state index contributed by atoms with van der Waals surface area (Å²) >= 11 is 13.4. The van der Waals surface area contributed by atoms with Gasteiger partial charge in [0.1, 0.15) is 11.5 Å². The van der Waals surface area contributed by atoms with E-state index < -0.39 is 17.7 Å². The number of hydrogen-bond donors (Lipinski definition) is 1. The van der Waals surface area contributed by atoms with Crippen LogP contribution in [0.5, 0.6) is 5.75 Å². The molecule has 1 aliphatic heterocycles. The highest BCUT2D eigenvalue weighted by Gasteiger charge is 2.48. The van der Waals surface area contributed by atoms with Crippen LogP contribution >= 0.6 is 34.5 Å². The van der Waals surface area contributed by atoms with Gasteiger partial charge in [0.25, 0.3) is 5.78 Å². The topological polar surface area (TPSA) is 79.7 Å². The van der Waals surface area contributed by atoms with Crippen molar-refractivity contribution in [2.75, 3.05) is 11.5 Å². The molecule has 1 saturated heterocycles. The number of anilines is 1. The van der Waals surface area contributed by atoms with Gasteiger partial charge in [-0.05, 0) is 72.5 Å². The number of hydrogen-bond acceptors (Lipinski definition) is 6. The minimum Gasteiger partial charge on any atom is -0.507 e. The summed E-state index contributed by atoms with van der Waals surface area (Å²) < 4.78 is 6.73. The van der Waals surface area contributed by atoms with Crippen LogP contribution in [-0.4, -0.2) is 28.4 Å². The highest BCUT2D eigenvalue weighted by molar-refractivity contribution is 7.22. The number of amides is 1. The van der Waals surface area contributed by atoms with E-state index in [1.54, 1.807) is 60.7 Å². The molecule has 9 heteroatoms. The molecule has 1 unspecified atom stereocenters. The van der Waals surface area contributed by atoms with E-state index in [0.29, 0.717) is 50.1 Å². The number of carbonyl (C=O) groups excluding carboxylic acids is 2. The third-order valence-corrected chi connectivity index (χ3v) is 7.75.